The van der Waals surface area contributed by atoms with Crippen LogP contribution in [0.15, 0.2) is 67.0 Å². The molecule has 0 aliphatic rings. The minimum absolute atomic E-state index is 0.0545. The van der Waals surface area contributed by atoms with Crippen LogP contribution in [-0.4, -0.2) is 22.9 Å². The van der Waals surface area contributed by atoms with Crippen molar-refractivity contribution in [2.75, 3.05) is 7.05 Å². The Balaban J connectivity index is 1.71. The summed E-state index contributed by atoms with van der Waals surface area (Å²) < 4.78 is 0. The average molecular weight is 317 g/mol. The molecule has 0 spiro atoms. The molecule has 0 bridgehead atoms. The molecule has 0 fully saturated rings. The van der Waals surface area contributed by atoms with Gasteiger partial charge in [0.15, 0.2) is 5.82 Å². The van der Waals surface area contributed by atoms with Crippen LogP contribution in [-0.2, 0) is 11.2 Å². The molecule has 0 aliphatic carbocycles. The number of aryl methyl sites for hydroxylation is 1. The normalized spacial score (nSPS) is 10.4. The van der Waals surface area contributed by atoms with Gasteiger partial charge in [-0.2, -0.15) is 0 Å². The van der Waals surface area contributed by atoms with Gasteiger partial charge < -0.3 is 5.32 Å². The van der Waals surface area contributed by atoms with E-state index in [1.807, 2.05) is 67.0 Å². The summed E-state index contributed by atoms with van der Waals surface area (Å²) in [6, 6.07) is 18.1. The molecule has 4 nitrogen and oxygen atoms in total. The summed E-state index contributed by atoms with van der Waals surface area (Å²) >= 11 is 0. The fourth-order valence-electron chi connectivity index (χ4n) is 2.46. The van der Waals surface area contributed by atoms with Gasteiger partial charge in [-0.25, -0.2) is 9.97 Å². The molecular weight excluding hydrogens is 298 g/mol. The lowest BCUT2D eigenvalue weighted by Gasteiger charge is -2.05. The van der Waals surface area contributed by atoms with Crippen LogP contribution >= 0.6 is 0 Å². The lowest BCUT2D eigenvalue weighted by atomic mass is 10.1. The number of rotatable bonds is 5. The van der Waals surface area contributed by atoms with Crippen molar-refractivity contribution in [2.45, 2.75) is 12.8 Å². The third-order valence-corrected chi connectivity index (χ3v) is 3.89. The van der Waals surface area contributed by atoms with Crippen LogP contribution in [0.5, 0.6) is 0 Å². The number of hydrogen-bond donors (Lipinski definition) is 1. The van der Waals surface area contributed by atoms with E-state index in [4.69, 9.17) is 0 Å². The average Bonchev–Trinajstić information content (AvgIpc) is 2.67. The Morgan fingerprint density at radius 3 is 2.17 bits per heavy atom. The van der Waals surface area contributed by atoms with Crippen LogP contribution in [0.1, 0.15) is 12.0 Å². The number of benzene rings is 2. The van der Waals surface area contributed by atoms with Gasteiger partial charge in [-0.1, -0.05) is 54.6 Å². The highest BCUT2D eigenvalue weighted by molar-refractivity contribution is 5.75. The highest BCUT2D eigenvalue weighted by Crippen LogP contribution is 2.20. The molecular formula is C20H19N3O. The van der Waals surface area contributed by atoms with Crippen LogP contribution in [0.2, 0.25) is 0 Å². The van der Waals surface area contributed by atoms with Gasteiger partial charge in [0.25, 0.3) is 0 Å². The Hall–Kier alpha value is -3.01. The van der Waals surface area contributed by atoms with Crippen molar-refractivity contribution < 1.29 is 4.79 Å². The first-order valence-electron chi connectivity index (χ1n) is 7.93. The SMILES string of the molecule is CNC(=O)CCc1ccc(-c2ncc(-c3ccccc3)cn2)cc1. The Morgan fingerprint density at radius 1 is 0.875 bits per heavy atom. The van der Waals surface area contributed by atoms with E-state index in [0.717, 1.165) is 28.7 Å². The van der Waals surface area contributed by atoms with E-state index < -0.39 is 0 Å². The Morgan fingerprint density at radius 2 is 1.54 bits per heavy atom. The summed E-state index contributed by atoms with van der Waals surface area (Å²) in [7, 11) is 1.65. The molecule has 120 valence electrons. The van der Waals surface area contributed by atoms with Gasteiger partial charge >= 0.3 is 0 Å². The van der Waals surface area contributed by atoms with Crippen molar-refractivity contribution in [2.24, 2.45) is 0 Å². The standard InChI is InChI=1S/C20H19N3O/c1-21-19(24)12-9-15-7-10-17(11-8-15)20-22-13-18(14-23-20)16-5-3-2-4-6-16/h2-8,10-11,13-14H,9,12H2,1H3,(H,21,24). The first-order chi connectivity index (χ1) is 11.8. The van der Waals surface area contributed by atoms with Gasteiger partial charge in [-0.3, -0.25) is 4.79 Å². The van der Waals surface area contributed by atoms with Gasteiger partial charge in [0.2, 0.25) is 5.91 Å². The lowest BCUT2D eigenvalue weighted by Crippen LogP contribution is -2.17. The summed E-state index contributed by atoms with van der Waals surface area (Å²) in [6.45, 7) is 0. The second-order valence-electron chi connectivity index (χ2n) is 5.53. The van der Waals surface area contributed by atoms with Crippen molar-refractivity contribution in [3.05, 3.63) is 72.6 Å². The molecule has 0 aliphatic heterocycles. The van der Waals surface area contributed by atoms with E-state index in [-0.39, 0.29) is 5.91 Å². The second-order valence-corrected chi connectivity index (χ2v) is 5.53. The first-order valence-corrected chi connectivity index (χ1v) is 7.93. The molecule has 3 aromatic rings. The van der Waals surface area contributed by atoms with Gasteiger partial charge in [0.1, 0.15) is 0 Å². The Labute approximate surface area is 141 Å². The zero-order chi connectivity index (χ0) is 16.8. The molecule has 3 rings (SSSR count). The summed E-state index contributed by atoms with van der Waals surface area (Å²) in [4.78, 5) is 20.2. The van der Waals surface area contributed by atoms with Crippen molar-refractivity contribution in [3.63, 3.8) is 0 Å². The fraction of sp³-hybridized carbons (Fsp3) is 0.150. The molecule has 0 radical (unpaired) electrons. The quantitative estimate of drug-likeness (QED) is 0.783. The highest BCUT2D eigenvalue weighted by Gasteiger charge is 2.04. The maximum absolute atomic E-state index is 11.3. The van der Waals surface area contributed by atoms with Crippen LogP contribution in [0.4, 0.5) is 0 Å². The van der Waals surface area contributed by atoms with E-state index in [2.05, 4.69) is 15.3 Å². The summed E-state index contributed by atoms with van der Waals surface area (Å²) in [5.74, 6) is 0.756. The maximum Gasteiger partial charge on any atom is 0.220 e. The minimum atomic E-state index is 0.0545. The molecule has 1 N–H and O–H groups in total. The number of nitrogens with zero attached hydrogens (tertiary/aromatic N) is 2. The second kappa shape index (κ2) is 7.51. The topological polar surface area (TPSA) is 54.9 Å². The van der Waals surface area contributed by atoms with Gasteiger partial charge in [-0.05, 0) is 17.5 Å². The van der Waals surface area contributed by atoms with Gasteiger partial charge in [-0.15, -0.1) is 0 Å². The van der Waals surface area contributed by atoms with Crippen molar-refractivity contribution in [3.8, 4) is 22.5 Å². The molecule has 1 aromatic heterocycles. The molecule has 0 unspecified atom stereocenters. The predicted octanol–water partition coefficient (Wildman–Crippen LogP) is 3.49. The van der Waals surface area contributed by atoms with E-state index in [9.17, 15) is 4.79 Å². The number of carbonyl (C=O) groups is 1. The minimum Gasteiger partial charge on any atom is -0.359 e. The molecule has 2 aromatic carbocycles. The molecule has 1 amide bonds. The zero-order valence-electron chi connectivity index (χ0n) is 13.6. The molecule has 24 heavy (non-hydrogen) atoms. The number of aromatic nitrogens is 2. The largest absolute Gasteiger partial charge is 0.359 e. The first kappa shape index (κ1) is 15.9. The predicted molar refractivity (Wildman–Crippen MR) is 95.3 cm³/mol. The summed E-state index contributed by atoms with van der Waals surface area (Å²) in [6.07, 6.45) is 4.92. The Kier molecular flexibility index (Phi) is 4.96. The van der Waals surface area contributed by atoms with Gasteiger partial charge in [0, 0.05) is 37.0 Å². The van der Waals surface area contributed by atoms with Crippen LogP contribution in [0.3, 0.4) is 0 Å². The van der Waals surface area contributed by atoms with Gasteiger partial charge in [0.05, 0.1) is 0 Å². The monoisotopic (exact) mass is 317 g/mol. The maximum atomic E-state index is 11.3. The van der Waals surface area contributed by atoms with E-state index >= 15 is 0 Å². The molecule has 0 saturated heterocycles. The van der Waals surface area contributed by atoms with Crippen LogP contribution < -0.4 is 5.32 Å². The van der Waals surface area contributed by atoms with Crippen LogP contribution in [0, 0.1) is 0 Å². The lowest BCUT2D eigenvalue weighted by molar-refractivity contribution is -0.120. The fourth-order valence-corrected chi connectivity index (χ4v) is 2.46. The van der Waals surface area contributed by atoms with Crippen molar-refractivity contribution in [1.82, 2.24) is 15.3 Å². The molecule has 0 atom stereocenters. The summed E-state index contributed by atoms with van der Waals surface area (Å²) in [5.41, 5.74) is 4.21. The number of nitrogens with one attached hydrogen (secondary N) is 1. The molecule has 0 saturated carbocycles. The van der Waals surface area contributed by atoms with E-state index in [1.165, 1.54) is 0 Å². The van der Waals surface area contributed by atoms with E-state index in [1.54, 1.807) is 7.05 Å². The van der Waals surface area contributed by atoms with Crippen molar-refractivity contribution >= 4 is 5.91 Å². The number of amides is 1. The number of carbonyl (C=O) groups excluding carboxylic acids is 1. The number of hydrogen-bond acceptors (Lipinski definition) is 3. The smallest absolute Gasteiger partial charge is 0.220 e. The van der Waals surface area contributed by atoms with E-state index in [0.29, 0.717) is 12.2 Å². The Bertz CT molecular complexity index is 797. The molecule has 4 heteroatoms. The zero-order valence-corrected chi connectivity index (χ0v) is 13.6. The van der Waals surface area contributed by atoms with Crippen LogP contribution in [0.25, 0.3) is 22.5 Å². The molecule has 1 heterocycles. The van der Waals surface area contributed by atoms with Crippen molar-refractivity contribution in [1.29, 1.82) is 0 Å². The highest BCUT2D eigenvalue weighted by atomic mass is 16.1. The third-order valence-electron chi connectivity index (χ3n) is 3.89. The third kappa shape index (κ3) is 3.84. The summed E-state index contributed by atoms with van der Waals surface area (Å²) in [5, 5.41) is 2.63.